The highest BCUT2D eigenvalue weighted by Gasteiger charge is 2.62. The summed E-state index contributed by atoms with van der Waals surface area (Å²) in [6.45, 7) is 0.718. The Balaban J connectivity index is 1.55. The molecule has 0 aromatic carbocycles. The largest absolute Gasteiger partial charge is 0.351 e. The van der Waals surface area contributed by atoms with Gasteiger partial charge in [0, 0.05) is 6.54 Å². The lowest BCUT2D eigenvalue weighted by Crippen LogP contribution is -2.25. The molecule has 3 rings (SSSR count). The Morgan fingerprint density at radius 3 is 3.00 bits per heavy atom. The predicted molar refractivity (Wildman–Crippen MR) is 56.4 cm³/mol. The molecule has 0 saturated heterocycles. The van der Waals surface area contributed by atoms with Crippen LogP contribution in [-0.2, 0) is 0 Å². The summed E-state index contributed by atoms with van der Waals surface area (Å²) in [6.07, 6.45) is 3.89. The molecule has 80 valence electrons. The molecule has 2 nitrogen and oxygen atoms in total. The van der Waals surface area contributed by atoms with Crippen LogP contribution in [0, 0.1) is 17.2 Å². The van der Waals surface area contributed by atoms with Crippen molar-refractivity contribution in [2.24, 2.45) is 11.3 Å². The van der Waals surface area contributed by atoms with Gasteiger partial charge < -0.3 is 5.32 Å². The van der Waals surface area contributed by atoms with E-state index in [1.54, 1.807) is 5.38 Å². The number of hydrogen-bond acceptors (Lipinski definition) is 2. The summed E-state index contributed by atoms with van der Waals surface area (Å²) in [5.74, 6) is -0.0101. The van der Waals surface area contributed by atoms with E-state index >= 15 is 0 Å². The average molecular weight is 225 g/mol. The van der Waals surface area contributed by atoms with Crippen molar-refractivity contribution in [3.05, 3.63) is 22.1 Å². The van der Waals surface area contributed by atoms with E-state index in [2.05, 4.69) is 5.32 Å². The zero-order valence-electron chi connectivity index (χ0n) is 8.25. The first-order valence-corrected chi connectivity index (χ1v) is 6.10. The molecule has 1 heterocycles. The van der Waals surface area contributed by atoms with E-state index in [1.807, 2.05) is 0 Å². The van der Waals surface area contributed by atoms with Crippen LogP contribution in [0.4, 0.5) is 4.39 Å². The first-order valence-electron chi connectivity index (χ1n) is 5.22. The van der Waals surface area contributed by atoms with Crippen LogP contribution >= 0.6 is 11.3 Å². The molecule has 0 radical (unpaired) electrons. The van der Waals surface area contributed by atoms with Gasteiger partial charge in [0.1, 0.15) is 10.7 Å². The summed E-state index contributed by atoms with van der Waals surface area (Å²) in [4.78, 5) is 11.8. The zero-order chi connectivity index (χ0) is 10.5. The van der Waals surface area contributed by atoms with Crippen LogP contribution in [0.15, 0.2) is 11.4 Å². The Morgan fingerprint density at radius 2 is 2.47 bits per heavy atom. The third-order valence-electron chi connectivity index (χ3n) is 3.58. The third kappa shape index (κ3) is 1.57. The molecule has 2 saturated carbocycles. The summed E-state index contributed by atoms with van der Waals surface area (Å²) in [6, 6.07) is 1.33. The van der Waals surface area contributed by atoms with Crippen molar-refractivity contribution in [1.29, 1.82) is 0 Å². The maximum Gasteiger partial charge on any atom is 0.264 e. The molecule has 4 heteroatoms. The lowest BCUT2D eigenvalue weighted by atomic mass is 10.3. The van der Waals surface area contributed by atoms with Crippen molar-refractivity contribution in [1.82, 2.24) is 5.32 Å². The van der Waals surface area contributed by atoms with Gasteiger partial charge in [-0.3, -0.25) is 4.79 Å². The number of hydrogen-bond donors (Lipinski definition) is 1. The zero-order valence-corrected chi connectivity index (χ0v) is 9.07. The molecule has 1 spiro atoms. The van der Waals surface area contributed by atoms with Crippen molar-refractivity contribution in [2.75, 3.05) is 6.54 Å². The third-order valence-corrected chi connectivity index (χ3v) is 4.47. The van der Waals surface area contributed by atoms with E-state index in [-0.39, 0.29) is 10.8 Å². The minimum Gasteiger partial charge on any atom is -0.351 e. The summed E-state index contributed by atoms with van der Waals surface area (Å²) >= 11 is 1.16. The van der Waals surface area contributed by atoms with Crippen LogP contribution < -0.4 is 5.32 Å². The Kier molecular flexibility index (Phi) is 1.89. The molecule has 1 N–H and O–H groups in total. The number of thiophene rings is 1. The van der Waals surface area contributed by atoms with Crippen molar-refractivity contribution in [2.45, 2.75) is 19.3 Å². The Hall–Kier alpha value is -0.900. The molecular weight excluding hydrogens is 213 g/mol. The van der Waals surface area contributed by atoms with Gasteiger partial charge in [0.05, 0.1) is 0 Å². The minimum absolute atomic E-state index is 0.209. The number of rotatable bonds is 3. The van der Waals surface area contributed by atoms with Gasteiger partial charge in [0.2, 0.25) is 0 Å². The standard InChI is InChI=1S/C11H12FNOS/c12-8-1-4-15-9(8)10(14)13-6-7-5-11(7)2-3-11/h1,4,7H,2-3,5-6H2,(H,13,14)/t7-/m1/s1. The molecule has 1 atom stereocenters. The second-order valence-electron chi connectivity index (χ2n) is 4.57. The van der Waals surface area contributed by atoms with Gasteiger partial charge in [0.15, 0.2) is 0 Å². The fourth-order valence-corrected chi connectivity index (χ4v) is 2.93. The first kappa shape index (κ1) is 9.33. The number of carbonyl (C=O) groups excluding carboxylic acids is 1. The molecule has 2 fully saturated rings. The summed E-state index contributed by atoms with van der Waals surface area (Å²) in [5, 5.41) is 4.42. The Labute approximate surface area is 91.5 Å². The highest BCUT2D eigenvalue weighted by atomic mass is 32.1. The highest BCUT2D eigenvalue weighted by molar-refractivity contribution is 7.12. The monoisotopic (exact) mass is 225 g/mol. The van der Waals surface area contributed by atoms with Crippen molar-refractivity contribution in [3.8, 4) is 0 Å². The van der Waals surface area contributed by atoms with Gasteiger partial charge in [-0.1, -0.05) is 0 Å². The smallest absolute Gasteiger partial charge is 0.264 e. The molecular formula is C11H12FNOS. The molecule has 0 unspecified atom stereocenters. The normalized spacial score (nSPS) is 25.3. The van der Waals surface area contributed by atoms with Gasteiger partial charge in [-0.25, -0.2) is 4.39 Å². The van der Waals surface area contributed by atoms with E-state index in [9.17, 15) is 9.18 Å². The molecule has 15 heavy (non-hydrogen) atoms. The predicted octanol–water partition coefficient (Wildman–Crippen LogP) is 2.42. The van der Waals surface area contributed by atoms with Crippen molar-refractivity contribution >= 4 is 17.2 Å². The topological polar surface area (TPSA) is 29.1 Å². The van der Waals surface area contributed by atoms with E-state index in [1.165, 1.54) is 25.3 Å². The van der Waals surface area contributed by atoms with Crippen LogP contribution in [0.5, 0.6) is 0 Å². The van der Waals surface area contributed by atoms with Crippen LogP contribution in [0.25, 0.3) is 0 Å². The van der Waals surface area contributed by atoms with Crippen LogP contribution in [0.1, 0.15) is 28.9 Å². The molecule has 2 aliphatic rings. The van der Waals surface area contributed by atoms with E-state index in [0.29, 0.717) is 11.3 Å². The fraction of sp³-hybridized carbons (Fsp3) is 0.545. The SMILES string of the molecule is O=C(NC[C@H]1CC12CC2)c1sccc1F. The first-order chi connectivity index (χ1) is 7.21. The van der Waals surface area contributed by atoms with Gasteiger partial charge in [-0.15, -0.1) is 11.3 Å². The molecule has 2 aliphatic carbocycles. The minimum atomic E-state index is -0.408. The van der Waals surface area contributed by atoms with Gasteiger partial charge in [-0.2, -0.15) is 0 Å². The summed E-state index contributed by atoms with van der Waals surface area (Å²) < 4.78 is 13.1. The van der Waals surface area contributed by atoms with E-state index in [4.69, 9.17) is 0 Å². The molecule has 1 amide bonds. The summed E-state index contributed by atoms with van der Waals surface area (Å²) in [7, 11) is 0. The number of nitrogens with one attached hydrogen (secondary N) is 1. The average Bonchev–Trinajstić information content (AvgIpc) is 3.10. The van der Waals surface area contributed by atoms with Crippen LogP contribution in [-0.4, -0.2) is 12.5 Å². The van der Waals surface area contributed by atoms with Crippen molar-refractivity contribution < 1.29 is 9.18 Å². The molecule has 0 bridgehead atoms. The maximum absolute atomic E-state index is 13.1. The lowest BCUT2D eigenvalue weighted by Gasteiger charge is -2.02. The molecule has 1 aromatic heterocycles. The van der Waals surface area contributed by atoms with Crippen LogP contribution in [0.3, 0.4) is 0 Å². The summed E-state index contributed by atoms with van der Waals surface area (Å²) in [5.41, 5.74) is 0.598. The van der Waals surface area contributed by atoms with E-state index < -0.39 is 5.82 Å². The second kappa shape index (κ2) is 3.04. The Morgan fingerprint density at radius 1 is 1.67 bits per heavy atom. The van der Waals surface area contributed by atoms with Crippen LogP contribution in [0.2, 0.25) is 0 Å². The van der Waals surface area contributed by atoms with Gasteiger partial charge >= 0.3 is 0 Å². The lowest BCUT2D eigenvalue weighted by molar-refractivity contribution is 0.0951. The maximum atomic E-state index is 13.1. The Bertz CT molecular complexity index is 410. The second-order valence-corrected chi connectivity index (χ2v) is 5.49. The quantitative estimate of drug-likeness (QED) is 0.841. The number of carbonyl (C=O) groups is 1. The van der Waals surface area contributed by atoms with E-state index in [0.717, 1.165) is 17.9 Å². The van der Waals surface area contributed by atoms with Gasteiger partial charge in [0.25, 0.3) is 5.91 Å². The molecule has 0 aliphatic heterocycles. The number of halogens is 1. The molecule has 1 aromatic rings. The fourth-order valence-electron chi connectivity index (χ4n) is 2.25. The van der Waals surface area contributed by atoms with Crippen molar-refractivity contribution in [3.63, 3.8) is 0 Å². The van der Waals surface area contributed by atoms with Gasteiger partial charge in [-0.05, 0) is 42.0 Å². The number of amides is 1. The highest BCUT2D eigenvalue weighted by Crippen LogP contribution is 2.70.